The first-order valence-corrected chi connectivity index (χ1v) is 7.93. The van der Waals surface area contributed by atoms with Crippen LogP contribution in [-0.4, -0.2) is 30.1 Å². The summed E-state index contributed by atoms with van der Waals surface area (Å²) in [5.41, 5.74) is 9.02. The molecule has 1 unspecified atom stereocenters. The summed E-state index contributed by atoms with van der Waals surface area (Å²) in [6.45, 7) is 2.22. The van der Waals surface area contributed by atoms with Crippen molar-refractivity contribution in [2.75, 3.05) is 29.7 Å². The Balaban J connectivity index is 2.51. The third kappa shape index (κ3) is 2.78. The highest BCUT2D eigenvalue weighted by Crippen LogP contribution is 2.32. The Bertz CT molecular complexity index is 556. The number of fused-ring (bicyclic) bond motifs is 1. The van der Waals surface area contributed by atoms with Gasteiger partial charge >= 0.3 is 0 Å². The second-order valence-corrected chi connectivity index (χ2v) is 5.62. The Labute approximate surface area is 119 Å². The van der Waals surface area contributed by atoms with Crippen molar-refractivity contribution >= 4 is 34.0 Å². The highest BCUT2D eigenvalue weighted by Gasteiger charge is 2.17. The van der Waals surface area contributed by atoms with Crippen molar-refractivity contribution in [2.24, 2.45) is 0 Å². The van der Waals surface area contributed by atoms with Crippen LogP contribution in [0.5, 0.6) is 0 Å². The van der Waals surface area contributed by atoms with Gasteiger partial charge < -0.3 is 10.6 Å². The first-order valence-electron chi connectivity index (χ1n) is 6.54. The zero-order valence-corrected chi connectivity index (χ0v) is 12.6. The SMILES string of the molecule is CCC(CSC)N(C)c1c(N)cnc2ccccc12. The molecule has 0 saturated carbocycles. The molecule has 2 aromatic rings. The molecule has 2 rings (SSSR count). The van der Waals surface area contributed by atoms with Gasteiger partial charge in [-0.1, -0.05) is 25.1 Å². The molecule has 3 nitrogen and oxygen atoms in total. The van der Waals surface area contributed by atoms with E-state index in [1.54, 1.807) is 6.20 Å². The van der Waals surface area contributed by atoms with Crippen LogP contribution in [0.3, 0.4) is 0 Å². The number of anilines is 2. The van der Waals surface area contributed by atoms with E-state index in [4.69, 9.17) is 5.73 Å². The lowest BCUT2D eigenvalue weighted by molar-refractivity contribution is 0.675. The highest BCUT2D eigenvalue weighted by atomic mass is 32.2. The summed E-state index contributed by atoms with van der Waals surface area (Å²) in [6, 6.07) is 8.66. The molecular weight excluding hydrogens is 254 g/mol. The van der Waals surface area contributed by atoms with E-state index in [1.165, 1.54) is 0 Å². The quantitative estimate of drug-likeness (QED) is 0.908. The fraction of sp³-hybridized carbons (Fsp3) is 0.400. The molecule has 0 aliphatic carbocycles. The number of nitrogens with zero attached hydrogens (tertiary/aromatic N) is 2. The average Bonchev–Trinajstić information content (AvgIpc) is 2.44. The largest absolute Gasteiger partial charge is 0.396 e. The number of hydrogen-bond donors (Lipinski definition) is 1. The minimum atomic E-state index is 0.489. The molecule has 102 valence electrons. The van der Waals surface area contributed by atoms with E-state index in [2.05, 4.69) is 36.2 Å². The van der Waals surface area contributed by atoms with E-state index < -0.39 is 0 Å². The minimum Gasteiger partial charge on any atom is -0.396 e. The molecule has 0 saturated heterocycles. The average molecular weight is 275 g/mol. The van der Waals surface area contributed by atoms with Crippen molar-refractivity contribution in [3.8, 4) is 0 Å². The molecule has 0 bridgehead atoms. The molecule has 1 aromatic heterocycles. The summed E-state index contributed by atoms with van der Waals surface area (Å²) in [4.78, 5) is 6.70. The van der Waals surface area contributed by atoms with Crippen molar-refractivity contribution in [3.05, 3.63) is 30.5 Å². The van der Waals surface area contributed by atoms with Crippen LogP contribution in [0.15, 0.2) is 30.5 Å². The lowest BCUT2D eigenvalue weighted by atomic mass is 10.1. The summed E-state index contributed by atoms with van der Waals surface area (Å²) in [6.07, 6.45) is 5.01. The van der Waals surface area contributed by atoms with Crippen molar-refractivity contribution in [1.29, 1.82) is 0 Å². The third-order valence-corrected chi connectivity index (χ3v) is 4.22. The lowest BCUT2D eigenvalue weighted by Crippen LogP contribution is -2.33. The van der Waals surface area contributed by atoms with Crippen LogP contribution in [0, 0.1) is 0 Å². The van der Waals surface area contributed by atoms with E-state index in [-0.39, 0.29) is 0 Å². The van der Waals surface area contributed by atoms with Gasteiger partial charge in [0.25, 0.3) is 0 Å². The monoisotopic (exact) mass is 275 g/mol. The van der Waals surface area contributed by atoms with E-state index >= 15 is 0 Å². The molecule has 1 atom stereocenters. The second-order valence-electron chi connectivity index (χ2n) is 4.71. The van der Waals surface area contributed by atoms with Gasteiger partial charge in [-0.05, 0) is 18.7 Å². The predicted octanol–water partition coefficient (Wildman–Crippen LogP) is 3.39. The normalized spacial score (nSPS) is 12.6. The summed E-state index contributed by atoms with van der Waals surface area (Å²) in [5.74, 6) is 1.10. The number of nitrogens with two attached hydrogens (primary N) is 1. The van der Waals surface area contributed by atoms with Crippen LogP contribution >= 0.6 is 11.8 Å². The molecule has 0 spiro atoms. The maximum Gasteiger partial charge on any atom is 0.0745 e. The lowest BCUT2D eigenvalue weighted by Gasteiger charge is -2.30. The molecule has 0 amide bonds. The van der Waals surface area contributed by atoms with Crippen LogP contribution < -0.4 is 10.6 Å². The first-order chi connectivity index (χ1) is 9.19. The highest BCUT2D eigenvalue weighted by molar-refractivity contribution is 7.98. The van der Waals surface area contributed by atoms with Gasteiger partial charge in [0.1, 0.15) is 0 Å². The van der Waals surface area contributed by atoms with Crippen molar-refractivity contribution in [3.63, 3.8) is 0 Å². The van der Waals surface area contributed by atoms with Gasteiger partial charge in [-0.15, -0.1) is 0 Å². The first kappa shape index (κ1) is 14.0. The fourth-order valence-corrected chi connectivity index (χ4v) is 3.26. The van der Waals surface area contributed by atoms with Gasteiger partial charge in [-0.3, -0.25) is 4.98 Å². The molecule has 0 fully saturated rings. The molecule has 0 aliphatic rings. The van der Waals surface area contributed by atoms with E-state index in [0.29, 0.717) is 6.04 Å². The summed E-state index contributed by atoms with van der Waals surface area (Å²) < 4.78 is 0. The molecule has 4 heteroatoms. The fourth-order valence-electron chi connectivity index (χ4n) is 2.41. The topological polar surface area (TPSA) is 42.1 Å². The molecule has 0 aliphatic heterocycles. The second kappa shape index (κ2) is 6.15. The van der Waals surface area contributed by atoms with Gasteiger partial charge in [0.2, 0.25) is 0 Å². The van der Waals surface area contributed by atoms with Crippen molar-refractivity contribution in [1.82, 2.24) is 4.98 Å². The van der Waals surface area contributed by atoms with Gasteiger partial charge in [0.15, 0.2) is 0 Å². The van der Waals surface area contributed by atoms with Crippen molar-refractivity contribution < 1.29 is 0 Å². The Hall–Kier alpha value is -1.42. The maximum absolute atomic E-state index is 6.17. The number of benzene rings is 1. The third-order valence-electron chi connectivity index (χ3n) is 3.51. The van der Waals surface area contributed by atoms with E-state index in [9.17, 15) is 0 Å². The van der Waals surface area contributed by atoms with Crippen LogP contribution in [0.2, 0.25) is 0 Å². The van der Waals surface area contributed by atoms with Gasteiger partial charge in [-0.25, -0.2) is 0 Å². The zero-order chi connectivity index (χ0) is 13.8. The van der Waals surface area contributed by atoms with Crippen LogP contribution in [0.4, 0.5) is 11.4 Å². The number of thioether (sulfide) groups is 1. The number of hydrogen-bond acceptors (Lipinski definition) is 4. The van der Waals surface area contributed by atoms with Gasteiger partial charge in [0, 0.05) is 24.2 Å². The molecule has 2 N–H and O–H groups in total. The van der Waals surface area contributed by atoms with Gasteiger partial charge in [-0.2, -0.15) is 11.8 Å². The van der Waals surface area contributed by atoms with Gasteiger partial charge in [0.05, 0.1) is 23.1 Å². The summed E-state index contributed by atoms with van der Waals surface area (Å²) in [7, 11) is 2.13. The van der Waals surface area contributed by atoms with Crippen LogP contribution in [0.25, 0.3) is 10.9 Å². The Morgan fingerprint density at radius 1 is 1.37 bits per heavy atom. The molecule has 1 aromatic carbocycles. The number of para-hydroxylation sites is 1. The number of pyridine rings is 1. The molecule has 1 heterocycles. The summed E-state index contributed by atoms with van der Waals surface area (Å²) in [5, 5.41) is 1.13. The number of nitrogen functional groups attached to an aromatic ring is 1. The molecular formula is C15H21N3S. The Morgan fingerprint density at radius 3 is 2.79 bits per heavy atom. The number of rotatable bonds is 5. The van der Waals surface area contributed by atoms with Crippen LogP contribution in [0.1, 0.15) is 13.3 Å². The maximum atomic E-state index is 6.17. The summed E-state index contributed by atoms with van der Waals surface area (Å²) >= 11 is 1.87. The van der Waals surface area contributed by atoms with E-state index in [0.717, 1.165) is 34.5 Å². The molecule has 19 heavy (non-hydrogen) atoms. The smallest absolute Gasteiger partial charge is 0.0745 e. The van der Waals surface area contributed by atoms with E-state index in [1.807, 2.05) is 30.0 Å². The van der Waals surface area contributed by atoms with Crippen molar-refractivity contribution in [2.45, 2.75) is 19.4 Å². The number of aromatic nitrogens is 1. The Kier molecular flexibility index (Phi) is 4.53. The zero-order valence-electron chi connectivity index (χ0n) is 11.8. The minimum absolute atomic E-state index is 0.489. The standard InChI is InChI=1S/C15H21N3S/c1-4-11(10-19-3)18(2)15-12-7-5-6-8-14(12)17-9-13(15)16/h5-9,11H,4,10,16H2,1-3H3. The molecule has 0 radical (unpaired) electrons. The Morgan fingerprint density at radius 2 is 2.11 bits per heavy atom. The van der Waals surface area contributed by atoms with Crippen LogP contribution in [-0.2, 0) is 0 Å². The predicted molar refractivity (Wildman–Crippen MR) is 87.0 cm³/mol.